The summed E-state index contributed by atoms with van der Waals surface area (Å²) in [5.41, 5.74) is 3.73. The van der Waals surface area contributed by atoms with Gasteiger partial charge >= 0.3 is 5.97 Å². The first-order valence-electron chi connectivity index (χ1n) is 11.6. The monoisotopic (exact) mass is 495 g/mol. The normalized spacial score (nSPS) is 15.1. The van der Waals surface area contributed by atoms with Gasteiger partial charge in [-0.2, -0.15) is 0 Å². The predicted octanol–water partition coefficient (Wildman–Crippen LogP) is 4.16. The zero-order valence-electron chi connectivity index (χ0n) is 20.5. The number of fused-ring (bicyclic) bond motifs is 1. The molecule has 0 saturated carbocycles. The number of benzene rings is 2. The van der Waals surface area contributed by atoms with Crippen LogP contribution in [0.3, 0.4) is 0 Å². The molecule has 3 aromatic rings. The molecule has 0 fully saturated rings. The van der Waals surface area contributed by atoms with E-state index in [1.165, 1.54) is 7.11 Å². The molecule has 1 aromatic heterocycles. The van der Waals surface area contributed by atoms with Gasteiger partial charge in [-0.3, -0.25) is 9.36 Å². The van der Waals surface area contributed by atoms with Gasteiger partial charge in [0.15, 0.2) is 0 Å². The Balaban J connectivity index is 1.56. The molecule has 1 aliphatic carbocycles. The fraction of sp³-hybridized carbons (Fsp3) is 0.370. The molecule has 0 radical (unpaired) electrons. The van der Waals surface area contributed by atoms with Gasteiger partial charge in [-0.05, 0) is 76.2 Å². The molecule has 0 spiro atoms. The Morgan fingerprint density at radius 3 is 2.77 bits per heavy atom. The van der Waals surface area contributed by atoms with Crippen molar-refractivity contribution in [2.24, 2.45) is 0 Å². The maximum Gasteiger partial charge on any atom is 0.337 e. The SMILES string of the molecule is COC(=O)c1cccc(-c2cc(Cl)ccc2OCCn2c(C)nc3c(c2=O)C[C@@H](N(C)C)CC3)c1. The van der Waals surface area contributed by atoms with Crippen LogP contribution in [-0.2, 0) is 24.1 Å². The Bertz CT molecular complexity index is 1300. The minimum Gasteiger partial charge on any atom is -0.491 e. The van der Waals surface area contributed by atoms with Crippen molar-refractivity contribution in [1.29, 1.82) is 0 Å². The number of methoxy groups -OCH3 is 1. The summed E-state index contributed by atoms with van der Waals surface area (Å²) in [7, 11) is 5.45. The lowest BCUT2D eigenvalue weighted by Gasteiger charge is -2.29. The number of nitrogens with zero attached hydrogens (tertiary/aromatic N) is 3. The van der Waals surface area contributed by atoms with E-state index in [0.717, 1.165) is 35.2 Å². The topological polar surface area (TPSA) is 73.7 Å². The fourth-order valence-electron chi connectivity index (χ4n) is 4.55. The van der Waals surface area contributed by atoms with Crippen LogP contribution in [0, 0.1) is 6.92 Å². The van der Waals surface area contributed by atoms with Crippen molar-refractivity contribution in [3.63, 3.8) is 0 Å². The number of halogens is 1. The first kappa shape index (κ1) is 24.9. The molecule has 8 heteroatoms. The van der Waals surface area contributed by atoms with Gasteiger partial charge in [-0.1, -0.05) is 23.7 Å². The molecule has 1 heterocycles. The zero-order chi connectivity index (χ0) is 25.1. The van der Waals surface area contributed by atoms with Gasteiger partial charge in [-0.15, -0.1) is 0 Å². The average Bonchev–Trinajstić information content (AvgIpc) is 2.86. The third kappa shape index (κ3) is 5.41. The summed E-state index contributed by atoms with van der Waals surface area (Å²) < 4.78 is 12.7. The minimum absolute atomic E-state index is 0.0183. The third-order valence-electron chi connectivity index (χ3n) is 6.53. The molecule has 0 amide bonds. The average molecular weight is 496 g/mol. The highest BCUT2D eigenvalue weighted by atomic mass is 35.5. The number of ether oxygens (including phenoxy) is 2. The summed E-state index contributed by atoms with van der Waals surface area (Å²) in [4.78, 5) is 32.2. The Labute approximate surface area is 210 Å². The molecule has 1 atom stereocenters. The van der Waals surface area contributed by atoms with Crippen LogP contribution in [0.2, 0.25) is 5.02 Å². The van der Waals surface area contributed by atoms with Gasteiger partial charge in [0.2, 0.25) is 0 Å². The van der Waals surface area contributed by atoms with Crippen LogP contribution in [0.25, 0.3) is 11.1 Å². The van der Waals surface area contributed by atoms with E-state index in [-0.39, 0.29) is 12.2 Å². The van der Waals surface area contributed by atoms with E-state index in [2.05, 4.69) is 4.90 Å². The second-order valence-electron chi connectivity index (χ2n) is 8.96. The smallest absolute Gasteiger partial charge is 0.337 e. The number of carbonyl (C=O) groups excluding carboxylic acids is 1. The van der Waals surface area contributed by atoms with E-state index in [9.17, 15) is 9.59 Å². The summed E-state index contributed by atoms with van der Waals surface area (Å²) >= 11 is 6.26. The highest BCUT2D eigenvalue weighted by molar-refractivity contribution is 6.31. The maximum absolute atomic E-state index is 13.3. The van der Waals surface area contributed by atoms with Gasteiger partial charge in [-0.25, -0.2) is 9.78 Å². The van der Waals surface area contributed by atoms with E-state index in [1.807, 2.05) is 27.1 Å². The maximum atomic E-state index is 13.3. The Morgan fingerprint density at radius 2 is 2.03 bits per heavy atom. The largest absolute Gasteiger partial charge is 0.491 e. The lowest BCUT2D eigenvalue weighted by Crippen LogP contribution is -2.39. The summed E-state index contributed by atoms with van der Waals surface area (Å²) in [6.45, 7) is 2.53. The Kier molecular flexibility index (Phi) is 7.57. The molecule has 184 valence electrons. The molecule has 0 N–H and O–H groups in total. The lowest BCUT2D eigenvalue weighted by atomic mass is 9.92. The van der Waals surface area contributed by atoms with Crippen molar-refractivity contribution >= 4 is 17.6 Å². The van der Waals surface area contributed by atoms with Crippen LogP contribution in [0.5, 0.6) is 5.75 Å². The number of rotatable bonds is 7. The second kappa shape index (κ2) is 10.6. The summed E-state index contributed by atoms with van der Waals surface area (Å²) in [5, 5.41) is 0.553. The number of likely N-dealkylation sites (N-methyl/N-ethyl adjacent to an activating group) is 1. The van der Waals surface area contributed by atoms with Crippen molar-refractivity contribution in [2.45, 2.75) is 38.8 Å². The van der Waals surface area contributed by atoms with Gasteiger partial charge < -0.3 is 14.4 Å². The molecule has 2 aromatic carbocycles. The van der Waals surface area contributed by atoms with Gasteiger partial charge in [0.25, 0.3) is 5.56 Å². The van der Waals surface area contributed by atoms with Crippen molar-refractivity contribution in [3.8, 4) is 16.9 Å². The quantitative estimate of drug-likeness (QED) is 0.458. The molecule has 0 aliphatic heterocycles. The number of carbonyl (C=O) groups is 1. The standard InChI is InChI=1S/C27H30ClN3O4/c1-17-29-24-10-9-21(30(2)3)16-23(24)26(32)31(17)12-13-35-25-11-8-20(28)15-22(25)18-6-5-7-19(14-18)27(33)34-4/h5-8,11,14-15,21H,9-10,12-13,16H2,1-4H3/t21-/m0/s1. The fourth-order valence-corrected chi connectivity index (χ4v) is 4.72. The minimum atomic E-state index is -0.414. The first-order chi connectivity index (χ1) is 16.8. The summed E-state index contributed by atoms with van der Waals surface area (Å²) in [6, 6.07) is 12.8. The third-order valence-corrected chi connectivity index (χ3v) is 6.77. The molecule has 7 nitrogen and oxygen atoms in total. The van der Waals surface area contributed by atoms with E-state index in [1.54, 1.807) is 41.0 Å². The van der Waals surface area contributed by atoms with Gasteiger partial charge in [0.1, 0.15) is 18.2 Å². The molecular weight excluding hydrogens is 466 g/mol. The van der Waals surface area contributed by atoms with Gasteiger partial charge in [0.05, 0.1) is 24.9 Å². The molecule has 35 heavy (non-hydrogen) atoms. The molecule has 0 saturated heterocycles. The molecule has 0 bridgehead atoms. The number of aromatic nitrogens is 2. The van der Waals surface area contributed by atoms with Crippen molar-refractivity contribution < 1.29 is 14.3 Å². The highest BCUT2D eigenvalue weighted by Gasteiger charge is 2.25. The number of hydrogen-bond donors (Lipinski definition) is 0. The molecule has 0 unspecified atom stereocenters. The Hall–Kier alpha value is -3.16. The number of aryl methyl sites for hydroxylation is 2. The van der Waals surface area contributed by atoms with Crippen LogP contribution in [0.15, 0.2) is 47.3 Å². The summed E-state index contributed by atoms with van der Waals surface area (Å²) in [5.74, 6) is 0.895. The number of esters is 1. The van der Waals surface area contributed by atoms with E-state index < -0.39 is 5.97 Å². The molecular formula is C27H30ClN3O4. The van der Waals surface area contributed by atoms with Crippen molar-refractivity contribution in [1.82, 2.24) is 14.5 Å². The predicted molar refractivity (Wildman–Crippen MR) is 136 cm³/mol. The highest BCUT2D eigenvalue weighted by Crippen LogP contribution is 2.33. The van der Waals surface area contributed by atoms with Crippen LogP contribution in [-0.4, -0.2) is 54.3 Å². The van der Waals surface area contributed by atoms with Crippen LogP contribution in [0.1, 0.15) is 33.9 Å². The van der Waals surface area contributed by atoms with Crippen molar-refractivity contribution in [2.75, 3.05) is 27.8 Å². The summed E-state index contributed by atoms with van der Waals surface area (Å²) in [6.07, 6.45) is 2.55. The number of hydrogen-bond acceptors (Lipinski definition) is 6. The lowest BCUT2D eigenvalue weighted by molar-refractivity contribution is 0.0601. The Morgan fingerprint density at radius 1 is 1.23 bits per heavy atom. The first-order valence-corrected chi connectivity index (χ1v) is 12.0. The van der Waals surface area contributed by atoms with Crippen molar-refractivity contribution in [3.05, 3.63) is 80.5 Å². The van der Waals surface area contributed by atoms with Crippen LogP contribution in [0.4, 0.5) is 0 Å². The van der Waals surface area contributed by atoms with E-state index in [4.69, 9.17) is 26.1 Å². The van der Waals surface area contributed by atoms with E-state index in [0.29, 0.717) is 41.2 Å². The van der Waals surface area contributed by atoms with Crippen LogP contribution >= 0.6 is 11.6 Å². The second-order valence-corrected chi connectivity index (χ2v) is 9.40. The van der Waals surface area contributed by atoms with E-state index >= 15 is 0 Å². The molecule has 4 rings (SSSR count). The zero-order valence-corrected chi connectivity index (χ0v) is 21.3. The van der Waals surface area contributed by atoms with Gasteiger partial charge in [0, 0.05) is 22.2 Å². The van der Waals surface area contributed by atoms with Crippen LogP contribution < -0.4 is 10.3 Å². The molecule has 1 aliphatic rings.